The van der Waals surface area contributed by atoms with Gasteiger partial charge in [0, 0.05) is 24.0 Å². The van der Waals surface area contributed by atoms with Gasteiger partial charge in [0.25, 0.3) is 0 Å². The van der Waals surface area contributed by atoms with E-state index in [2.05, 4.69) is 59.7 Å². The highest BCUT2D eigenvalue weighted by molar-refractivity contribution is 7.10. The Balaban J connectivity index is 2.13. The Bertz CT molecular complexity index is 467. The first kappa shape index (κ1) is 15.2. The van der Waals surface area contributed by atoms with Gasteiger partial charge in [-0.1, -0.05) is 43.3 Å². The van der Waals surface area contributed by atoms with E-state index in [-0.39, 0.29) is 0 Å². The van der Waals surface area contributed by atoms with Gasteiger partial charge in [0.15, 0.2) is 0 Å². The normalized spacial score (nSPS) is 12.8. The summed E-state index contributed by atoms with van der Waals surface area (Å²) in [6.07, 6.45) is 2.19. The lowest BCUT2D eigenvalue weighted by Gasteiger charge is -2.30. The van der Waals surface area contributed by atoms with Crippen molar-refractivity contribution in [1.29, 1.82) is 0 Å². The summed E-state index contributed by atoms with van der Waals surface area (Å²) < 4.78 is 0. The molecule has 3 heteroatoms. The van der Waals surface area contributed by atoms with E-state index < -0.39 is 0 Å². The minimum Gasteiger partial charge on any atom is -0.330 e. The quantitative estimate of drug-likeness (QED) is 0.794. The minimum atomic E-state index is 0.502. The highest BCUT2D eigenvalue weighted by Gasteiger charge is 2.19. The second kappa shape index (κ2) is 8.20. The van der Waals surface area contributed by atoms with Crippen LogP contribution in [0.2, 0.25) is 0 Å². The molecule has 2 nitrogen and oxygen atoms in total. The summed E-state index contributed by atoms with van der Waals surface area (Å²) in [7, 11) is 0. The van der Waals surface area contributed by atoms with Crippen LogP contribution in [0.25, 0.3) is 0 Å². The molecule has 0 aliphatic heterocycles. The Labute approximate surface area is 126 Å². The zero-order chi connectivity index (χ0) is 14.2. The summed E-state index contributed by atoms with van der Waals surface area (Å²) in [5, 5.41) is 2.17. The molecule has 1 heterocycles. The molecule has 1 unspecified atom stereocenters. The van der Waals surface area contributed by atoms with Crippen molar-refractivity contribution in [2.24, 2.45) is 5.73 Å². The molecule has 0 aliphatic carbocycles. The largest absolute Gasteiger partial charge is 0.330 e. The van der Waals surface area contributed by atoms with Crippen molar-refractivity contribution in [1.82, 2.24) is 4.90 Å². The van der Waals surface area contributed by atoms with Crippen LogP contribution in [0.1, 0.15) is 36.2 Å². The van der Waals surface area contributed by atoms with E-state index in [0.29, 0.717) is 6.04 Å². The van der Waals surface area contributed by atoms with Crippen LogP contribution in [0, 0.1) is 0 Å². The molecule has 0 aliphatic rings. The summed E-state index contributed by atoms with van der Waals surface area (Å²) in [5.74, 6) is 0. The smallest absolute Gasteiger partial charge is 0.0442 e. The van der Waals surface area contributed by atoms with E-state index in [4.69, 9.17) is 5.73 Å². The van der Waals surface area contributed by atoms with Crippen molar-refractivity contribution >= 4 is 11.3 Å². The van der Waals surface area contributed by atoms with Crippen LogP contribution < -0.4 is 5.73 Å². The van der Waals surface area contributed by atoms with Crippen LogP contribution in [-0.2, 0) is 6.54 Å². The second-order valence-electron chi connectivity index (χ2n) is 5.04. The molecule has 1 aromatic heterocycles. The van der Waals surface area contributed by atoms with Crippen molar-refractivity contribution in [2.75, 3.05) is 13.1 Å². The molecular formula is C17H24N2S. The monoisotopic (exact) mass is 288 g/mol. The van der Waals surface area contributed by atoms with Gasteiger partial charge in [-0.15, -0.1) is 11.3 Å². The standard InChI is InChI=1S/C17H24N2S/c1-2-16(17-10-6-13-20-17)19(12-7-11-18)14-15-8-4-3-5-9-15/h3-6,8-10,13,16H,2,7,11-12,14,18H2,1H3. The first-order chi connectivity index (χ1) is 9.85. The molecule has 0 amide bonds. The third kappa shape index (κ3) is 4.17. The molecule has 1 aromatic carbocycles. The average molecular weight is 288 g/mol. The summed E-state index contributed by atoms with van der Waals surface area (Å²) in [4.78, 5) is 4.02. The third-order valence-electron chi connectivity index (χ3n) is 3.58. The SMILES string of the molecule is CCC(c1cccs1)N(CCCN)Cc1ccccc1. The zero-order valence-corrected chi connectivity index (χ0v) is 13.0. The fraction of sp³-hybridized carbons (Fsp3) is 0.412. The Morgan fingerprint density at radius 3 is 2.55 bits per heavy atom. The van der Waals surface area contributed by atoms with Crippen molar-refractivity contribution < 1.29 is 0 Å². The predicted octanol–water partition coefficient (Wildman–Crippen LogP) is 4.05. The molecule has 0 spiro atoms. The Kier molecular flexibility index (Phi) is 6.25. The van der Waals surface area contributed by atoms with E-state index in [1.807, 2.05) is 11.3 Å². The van der Waals surface area contributed by atoms with Crippen molar-refractivity contribution in [3.63, 3.8) is 0 Å². The van der Waals surface area contributed by atoms with Gasteiger partial charge in [0.2, 0.25) is 0 Å². The van der Waals surface area contributed by atoms with Gasteiger partial charge < -0.3 is 5.73 Å². The fourth-order valence-corrected chi connectivity index (χ4v) is 3.52. The number of rotatable bonds is 8. The van der Waals surface area contributed by atoms with Crippen LogP contribution >= 0.6 is 11.3 Å². The molecule has 0 fully saturated rings. The molecule has 2 N–H and O–H groups in total. The van der Waals surface area contributed by atoms with Gasteiger partial charge in [0.05, 0.1) is 0 Å². The molecule has 2 aromatic rings. The Morgan fingerprint density at radius 1 is 1.15 bits per heavy atom. The fourth-order valence-electron chi connectivity index (χ4n) is 2.58. The lowest BCUT2D eigenvalue weighted by atomic mass is 10.1. The molecule has 0 radical (unpaired) electrons. The third-order valence-corrected chi connectivity index (χ3v) is 4.55. The summed E-state index contributed by atoms with van der Waals surface area (Å²) in [6, 6.07) is 15.6. The second-order valence-corrected chi connectivity index (χ2v) is 6.02. The van der Waals surface area contributed by atoms with E-state index in [1.165, 1.54) is 10.4 Å². The number of nitrogens with two attached hydrogens (primary N) is 1. The molecular weight excluding hydrogens is 264 g/mol. The zero-order valence-electron chi connectivity index (χ0n) is 12.2. The first-order valence-corrected chi connectivity index (χ1v) is 8.24. The van der Waals surface area contributed by atoms with Gasteiger partial charge in [-0.2, -0.15) is 0 Å². The molecule has 0 bridgehead atoms. The lowest BCUT2D eigenvalue weighted by Crippen LogP contribution is -2.30. The van der Waals surface area contributed by atoms with E-state index >= 15 is 0 Å². The van der Waals surface area contributed by atoms with Crippen LogP contribution in [0.4, 0.5) is 0 Å². The van der Waals surface area contributed by atoms with Crippen molar-refractivity contribution in [3.8, 4) is 0 Å². The van der Waals surface area contributed by atoms with Gasteiger partial charge >= 0.3 is 0 Å². The summed E-state index contributed by atoms with van der Waals surface area (Å²) in [5.41, 5.74) is 7.08. The average Bonchev–Trinajstić information content (AvgIpc) is 3.00. The number of thiophene rings is 1. The Hall–Kier alpha value is -1.16. The van der Waals surface area contributed by atoms with E-state index in [9.17, 15) is 0 Å². The van der Waals surface area contributed by atoms with Crippen LogP contribution in [0.15, 0.2) is 47.8 Å². The number of hydrogen-bond acceptors (Lipinski definition) is 3. The molecule has 20 heavy (non-hydrogen) atoms. The van der Waals surface area contributed by atoms with Gasteiger partial charge in [-0.25, -0.2) is 0 Å². The number of hydrogen-bond donors (Lipinski definition) is 1. The van der Waals surface area contributed by atoms with Gasteiger partial charge in [-0.05, 0) is 36.4 Å². The minimum absolute atomic E-state index is 0.502. The highest BCUT2D eigenvalue weighted by atomic mass is 32.1. The molecule has 1 atom stereocenters. The summed E-state index contributed by atoms with van der Waals surface area (Å²) in [6.45, 7) is 5.08. The highest BCUT2D eigenvalue weighted by Crippen LogP contribution is 2.29. The molecule has 2 rings (SSSR count). The van der Waals surface area contributed by atoms with E-state index in [1.54, 1.807) is 0 Å². The van der Waals surface area contributed by atoms with Crippen molar-refractivity contribution in [3.05, 3.63) is 58.3 Å². The molecule has 108 valence electrons. The van der Waals surface area contributed by atoms with Crippen molar-refractivity contribution in [2.45, 2.75) is 32.4 Å². The lowest BCUT2D eigenvalue weighted by molar-refractivity contribution is 0.184. The summed E-state index contributed by atoms with van der Waals surface area (Å²) >= 11 is 1.86. The maximum atomic E-state index is 5.71. The van der Waals surface area contributed by atoms with Crippen LogP contribution in [-0.4, -0.2) is 18.0 Å². The molecule has 0 saturated carbocycles. The maximum absolute atomic E-state index is 5.71. The first-order valence-electron chi connectivity index (χ1n) is 7.36. The van der Waals surface area contributed by atoms with E-state index in [0.717, 1.165) is 32.5 Å². The Morgan fingerprint density at radius 2 is 1.95 bits per heavy atom. The number of benzene rings is 1. The van der Waals surface area contributed by atoms with Gasteiger partial charge in [0.1, 0.15) is 0 Å². The van der Waals surface area contributed by atoms with Gasteiger partial charge in [-0.3, -0.25) is 4.90 Å². The van der Waals surface area contributed by atoms with Crippen LogP contribution in [0.3, 0.4) is 0 Å². The maximum Gasteiger partial charge on any atom is 0.0442 e. The predicted molar refractivity (Wildman–Crippen MR) is 87.9 cm³/mol. The topological polar surface area (TPSA) is 29.3 Å². The van der Waals surface area contributed by atoms with Crippen LogP contribution in [0.5, 0.6) is 0 Å². The number of nitrogens with zero attached hydrogens (tertiary/aromatic N) is 1. The molecule has 0 saturated heterocycles.